The molecule has 0 aliphatic carbocycles. The van der Waals surface area contributed by atoms with Gasteiger partial charge in [-0.3, -0.25) is 0 Å². The summed E-state index contributed by atoms with van der Waals surface area (Å²) in [6.07, 6.45) is 1.86. The Bertz CT molecular complexity index is 272. The highest BCUT2D eigenvalue weighted by Gasteiger charge is 2.08. The summed E-state index contributed by atoms with van der Waals surface area (Å²) in [6, 6.07) is 0. The smallest absolute Gasteiger partial charge is 0.0873 e. The van der Waals surface area contributed by atoms with Crippen LogP contribution in [0.1, 0.15) is 16.8 Å². The Morgan fingerprint density at radius 3 is 2.00 bits per heavy atom. The molecule has 0 amide bonds. The molecule has 0 saturated carbocycles. The van der Waals surface area contributed by atoms with Crippen molar-refractivity contribution in [2.24, 2.45) is 0 Å². The fourth-order valence-corrected chi connectivity index (χ4v) is 2.12. The third kappa shape index (κ3) is 1.24. The van der Waals surface area contributed by atoms with E-state index in [4.69, 9.17) is 0 Å². The predicted molar refractivity (Wildman–Crippen MR) is 57.7 cm³/mol. The summed E-state index contributed by atoms with van der Waals surface area (Å²) < 4.78 is 3.39. The molecule has 1 rings (SSSR count). The van der Waals surface area contributed by atoms with Crippen molar-refractivity contribution in [2.45, 2.75) is 20.8 Å². The van der Waals surface area contributed by atoms with Crippen LogP contribution < -0.4 is 0 Å². The molecular weight excluding hydrogens is 249 g/mol. The molecule has 0 bridgehead atoms. The van der Waals surface area contributed by atoms with Crippen molar-refractivity contribution in [1.29, 1.82) is 0 Å². The zero-order valence-corrected chi connectivity index (χ0v) is 9.27. The van der Waals surface area contributed by atoms with Gasteiger partial charge in [0, 0.05) is 11.9 Å². The van der Waals surface area contributed by atoms with Crippen LogP contribution in [-0.4, -0.2) is 4.57 Å². The molecule has 0 aliphatic rings. The van der Waals surface area contributed by atoms with Gasteiger partial charge in [-0.15, -0.1) is 0 Å². The van der Waals surface area contributed by atoms with Gasteiger partial charge in [-0.25, -0.2) is 0 Å². The first-order valence-corrected chi connectivity index (χ1v) is 4.63. The van der Waals surface area contributed by atoms with Crippen molar-refractivity contribution in [3.8, 4) is 0 Å². The molecular formula is C9H12IN. The van der Waals surface area contributed by atoms with E-state index in [9.17, 15) is 0 Å². The van der Waals surface area contributed by atoms with E-state index in [2.05, 4.69) is 54.5 Å². The van der Waals surface area contributed by atoms with Crippen molar-refractivity contribution in [3.05, 3.63) is 27.1 Å². The highest BCUT2D eigenvalue weighted by atomic mass is 127. The van der Waals surface area contributed by atoms with E-state index in [1.165, 1.54) is 20.5 Å². The minimum Gasteiger partial charge on any atom is -0.316 e. The standard InChI is InChI=1S/C9H12IN/c1-5-11-8(4)6(2)7(3)9(11)10/h5H,1H2,2-4H3. The molecule has 0 N–H and O–H groups in total. The molecule has 1 aromatic heterocycles. The van der Waals surface area contributed by atoms with Gasteiger partial charge < -0.3 is 4.57 Å². The molecule has 0 fully saturated rings. The van der Waals surface area contributed by atoms with E-state index in [0.717, 1.165) is 0 Å². The van der Waals surface area contributed by atoms with Gasteiger partial charge in [0.25, 0.3) is 0 Å². The number of nitrogens with zero attached hydrogens (tertiary/aromatic N) is 1. The predicted octanol–water partition coefficient (Wildman–Crippen LogP) is 3.12. The maximum atomic E-state index is 3.77. The SMILES string of the molecule is C=Cn1c(C)c(C)c(C)c1I. The van der Waals surface area contributed by atoms with E-state index in [1.54, 1.807) is 0 Å². The molecule has 0 unspecified atom stereocenters. The van der Waals surface area contributed by atoms with Gasteiger partial charge in [-0.2, -0.15) is 0 Å². The molecule has 1 nitrogen and oxygen atoms in total. The summed E-state index contributed by atoms with van der Waals surface area (Å²) >= 11 is 2.34. The Morgan fingerprint density at radius 1 is 1.27 bits per heavy atom. The molecule has 0 radical (unpaired) electrons. The lowest BCUT2D eigenvalue weighted by atomic mass is 10.2. The fourth-order valence-electron chi connectivity index (χ4n) is 1.15. The quantitative estimate of drug-likeness (QED) is 0.684. The second kappa shape index (κ2) is 3.01. The van der Waals surface area contributed by atoms with Crippen molar-refractivity contribution in [3.63, 3.8) is 0 Å². The number of hydrogen-bond donors (Lipinski definition) is 0. The summed E-state index contributed by atoms with van der Waals surface area (Å²) in [7, 11) is 0. The van der Waals surface area contributed by atoms with Gasteiger partial charge in [-0.05, 0) is 54.5 Å². The average Bonchev–Trinajstić information content (AvgIpc) is 2.17. The van der Waals surface area contributed by atoms with Gasteiger partial charge in [0.2, 0.25) is 0 Å². The molecule has 1 heterocycles. The largest absolute Gasteiger partial charge is 0.316 e. The summed E-state index contributed by atoms with van der Waals surface area (Å²) in [5, 5.41) is 0. The third-order valence-corrected chi connectivity index (χ3v) is 3.50. The Morgan fingerprint density at radius 2 is 1.82 bits per heavy atom. The summed E-state index contributed by atoms with van der Waals surface area (Å²) in [5.41, 5.74) is 4.03. The number of halogens is 1. The van der Waals surface area contributed by atoms with E-state index in [-0.39, 0.29) is 0 Å². The van der Waals surface area contributed by atoms with Crippen LogP contribution in [0.25, 0.3) is 6.20 Å². The van der Waals surface area contributed by atoms with Gasteiger partial charge >= 0.3 is 0 Å². The lowest BCUT2D eigenvalue weighted by molar-refractivity contribution is 1.04. The first kappa shape index (κ1) is 8.84. The lowest BCUT2D eigenvalue weighted by Crippen LogP contribution is -1.90. The Kier molecular flexibility index (Phi) is 2.42. The molecule has 60 valence electrons. The number of aromatic nitrogens is 1. The molecule has 0 aliphatic heterocycles. The van der Waals surface area contributed by atoms with Crippen LogP contribution in [0.4, 0.5) is 0 Å². The van der Waals surface area contributed by atoms with Crippen molar-refractivity contribution in [2.75, 3.05) is 0 Å². The van der Waals surface area contributed by atoms with Crippen LogP contribution in [0.3, 0.4) is 0 Å². The number of rotatable bonds is 1. The normalized spacial score (nSPS) is 10.2. The van der Waals surface area contributed by atoms with Crippen molar-refractivity contribution >= 4 is 28.8 Å². The van der Waals surface area contributed by atoms with E-state index >= 15 is 0 Å². The maximum Gasteiger partial charge on any atom is 0.0873 e. The molecule has 0 spiro atoms. The molecule has 0 atom stereocenters. The molecule has 2 heteroatoms. The first-order chi connectivity index (χ1) is 5.09. The highest BCUT2D eigenvalue weighted by Crippen LogP contribution is 2.22. The molecule has 1 aromatic rings. The zero-order valence-electron chi connectivity index (χ0n) is 7.11. The van der Waals surface area contributed by atoms with Crippen molar-refractivity contribution < 1.29 is 0 Å². The van der Waals surface area contributed by atoms with Crippen LogP contribution in [0.15, 0.2) is 6.58 Å². The Balaban J connectivity index is 3.47. The summed E-state index contributed by atoms with van der Waals surface area (Å²) in [4.78, 5) is 0. The number of hydrogen-bond acceptors (Lipinski definition) is 0. The summed E-state index contributed by atoms with van der Waals surface area (Å²) in [5.74, 6) is 0. The third-order valence-electron chi connectivity index (χ3n) is 2.17. The van der Waals surface area contributed by atoms with Crippen LogP contribution in [0, 0.1) is 24.5 Å². The van der Waals surface area contributed by atoms with E-state index < -0.39 is 0 Å². The van der Waals surface area contributed by atoms with Gasteiger partial charge in [0.1, 0.15) is 0 Å². The van der Waals surface area contributed by atoms with E-state index in [0.29, 0.717) is 0 Å². The minimum absolute atomic E-state index is 1.27. The minimum atomic E-state index is 1.27. The van der Waals surface area contributed by atoms with E-state index in [1.807, 2.05) is 6.20 Å². The Hall–Kier alpha value is -0.250. The average molecular weight is 261 g/mol. The van der Waals surface area contributed by atoms with Crippen LogP contribution in [0.5, 0.6) is 0 Å². The maximum absolute atomic E-state index is 3.77. The summed E-state index contributed by atoms with van der Waals surface area (Å²) in [6.45, 7) is 10.2. The second-order valence-corrected chi connectivity index (χ2v) is 3.70. The van der Waals surface area contributed by atoms with Crippen molar-refractivity contribution in [1.82, 2.24) is 4.57 Å². The van der Waals surface area contributed by atoms with Gasteiger partial charge in [-0.1, -0.05) is 6.58 Å². The monoisotopic (exact) mass is 261 g/mol. The highest BCUT2D eigenvalue weighted by molar-refractivity contribution is 14.1. The fraction of sp³-hybridized carbons (Fsp3) is 0.333. The van der Waals surface area contributed by atoms with Crippen LogP contribution in [0.2, 0.25) is 0 Å². The van der Waals surface area contributed by atoms with Gasteiger partial charge in [0.05, 0.1) is 3.70 Å². The molecule has 0 aromatic carbocycles. The zero-order chi connectivity index (χ0) is 8.59. The Labute approximate surface area is 81.2 Å². The van der Waals surface area contributed by atoms with Gasteiger partial charge in [0.15, 0.2) is 0 Å². The molecule has 11 heavy (non-hydrogen) atoms. The van der Waals surface area contributed by atoms with Crippen LogP contribution >= 0.6 is 22.6 Å². The molecule has 0 saturated heterocycles. The first-order valence-electron chi connectivity index (χ1n) is 3.55. The lowest BCUT2D eigenvalue weighted by Gasteiger charge is -1.98. The second-order valence-electron chi connectivity index (χ2n) is 2.68. The van der Waals surface area contributed by atoms with Crippen LogP contribution in [-0.2, 0) is 0 Å². The topological polar surface area (TPSA) is 4.93 Å².